The highest BCUT2D eigenvalue weighted by Crippen LogP contribution is 2.15. The van der Waals surface area contributed by atoms with Crippen LogP contribution in [0.1, 0.15) is 38.2 Å². The van der Waals surface area contributed by atoms with E-state index in [2.05, 4.69) is 5.32 Å². The molecule has 0 aliphatic carbocycles. The van der Waals surface area contributed by atoms with Gasteiger partial charge in [-0.05, 0) is 44.4 Å². The third-order valence-corrected chi connectivity index (χ3v) is 2.80. The molecule has 0 bridgehead atoms. The van der Waals surface area contributed by atoms with E-state index in [1.807, 2.05) is 6.92 Å². The van der Waals surface area contributed by atoms with Crippen LogP contribution in [0.25, 0.3) is 0 Å². The van der Waals surface area contributed by atoms with Gasteiger partial charge in [-0.15, -0.1) is 0 Å². The second-order valence-electron chi connectivity index (χ2n) is 4.53. The van der Waals surface area contributed by atoms with Crippen LogP contribution < -0.4 is 5.32 Å². The first-order valence-corrected chi connectivity index (χ1v) is 6.79. The predicted octanol–water partition coefficient (Wildman–Crippen LogP) is 3.67. The highest BCUT2D eigenvalue weighted by molar-refractivity contribution is 5.69. The standard InChI is InChI=1S/C15H22FNO2/c1-3-19-15(18)7-5-4-6-10-17-14-11-12(2)8-9-13(14)16/h8-9,11,17H,3-7,10H2,1-2H3. The molecule has 4 heteroatoms. The number of halogens is 1. The zero-order chi connectivity index (χ0) is 14.1. The average Bonchev–Trinajstić information content (AvgIpc) is 2.38. The molecule has 0 saturated heterocycles. The number of nitrogens with one attached hydrogen (secondary N) is 1. The topological polar surface area (TPSA) is 38.3 Å². The number of rotatable bonds is 8. The lowest BCUT2D eigenvalue weighted by molar-refractivity contribution is -0.143. The molecule has 19 heavy (non-hydrogen) atoms. The van der Waals surface area contributed by atoms with Crippen molar-refractivity contribution in [1.82, 2.24) is 0 Å². The summed E-state index contributed by atoms with van der Waals surface area (Å²) in [6.07, 6.45) is 3.12. The van der Waals surface area contributed by atoms with E-state index < -0.39 is 0 Å². The average molecular weight is 267 g/mol. The number of anilines is 1. The molecule has 1 aromatic rings. The molecule has 0 radical (unpaired) electrons. The molecule has 0 unspecified atom stereocenters. The quantitative estimate of drug-likeness (QED) is 0.577. The Labute approximate surface area is 114 Å². The fourth-order valence-electron chi connectivity index (χ4n) is 1.80. The highest BCUT2D eigenvalue weighted by Gasteiger charge is 2.02. The van der Waals surface area contributed by atoms with Gasteiger partial charge in [-0.3, -0.25) is 4.79 Å². The Hall–Kier alpha value is -1.58. The maximum absolute atomic E-state index is 13.4. The van der Waals surface area contributed by atoms with Gasteiger partial charge in [0, 0.05) is 13.0 Å². The minimum Gasteiger partial charge on any atom is -0.466 e. The van der Waals surface area contributed by atoms with Crippen molar-refractivity contribution in [2.75, 3.05) is 18.5 Å². The van der Waals surface area contributed by atoms with Crippen molar-refractivity contribution in [1.29, 1.82) is 0 Å². The largest absolute Gasteiger partial charge is 0.466 e. The first-order valence-electron chi connectivity index (χ1n) is 6.79. The van der Waals surface area contributed by atoms with E-state index >= 15 is 0 Å². The van der Waals surface area contributed by atoms with E-state index in [1.165, 1.54) is 6.07 Å². The van der Waals surface area contributed by atoms with Gasteiger partial charge in [0.2, 0.25) is 0 Å². The maximum Gasteiger partial charge on any atom is 0.305 e. The Morgan fingerprint density at radius 1 is 1.32 bits per heavy atom. The van der Waals surface area contributed by atoms with Crippen LogP contribution in [0.3, 0.4) is 0 Å². The van der Waals surface area contributed by atoms with Gasteiger partial charge < -0.3 is 10.1 Å². The normalized spacial score (nSPS) is 10.3. The van der Waals surface area contributed by atoms with Gasteiger partial charge in [0.05, 0.1) is 12.3 Å². The highest BCUT2D eigenvalue weighted by atomic mass is 19.1. The Bertz CT molecular complexity index is 407. The molecule has 0 atom stereocenters. The fourth-order valence-corrected chi connectivity index (χ4v) is 1.80. The van der Waals surface area contributed by atoms with Gasteiger partial charge in [-0.2, -0.15) is 0 Å². The molecule has 3 nitrogen and oxygen atoms in total. The van der Waals surface area contributed by atoms with E-state index in [9.17, 15) is 9.18 Å². The smallest absolute Gasteiger partial charge is 0.305 e. The number of benzene rings is 1. The Balaban J connectivity index is 2.14. The lowest BCUT2D eigenvalue weighted by Crippen LogP contribution is -2.05. The molecule has 0 heterocycles. The Kier molecular flexibility index (Phi) is 6.93. The number of aryl methyl sites for hydroxylation is 1. The number of esters is 1. The number of unbranched alkanes of at least 4 members (excludes halogenated alkanes) is 2. The molecule has 1 aromatic carbocycles. The second kappa shape index (κ2) is 8.51. The number of ether oxygens (including phenoxy) is 1. The molecule has 0 fully saturated rings. The summed E-state index contributed by atoms with van der Waals surface area (Å²) < 4.78 is 18.3. The Morgan fingerprint density at radius 2 is 2.11 bits per heavy atom. The lowest BCUT2D eigenvalue weighted by atomic mass is 10.2. The molecule has 0 aliphatic rings. The number of hydrogen-bond acceptors (Lipinski definition) is 3. The number of carbonyl (C=O) groups excluding carboxylic acids is 1. The van der Waals surface area contributed by atoms with Crippen LogP contribution in [0.4, 0.5) is 10.1 Å². The van der Waals surface area contributed by atoms with Gasteiger partial charge in [0.1, 0.15) is 5.82 Å². The van der Waals surface area contributed by atoms with Crippen molar-refractivity contribution >= 4 is 11.7 Å². The summed E-state index contributed by atoms with van der Waals surface area (Å²) in [5, 5.41) is 3.08. The van der Waals surface area contributed by atoms with Crippen molar-refractivity contribution in [3.05, 3.63) is 29.6 Å². The summed E-state index contributed by atoms with van der Waals surface area (Å²) in [6.45, 7) is 4.89. The number of carbonyl (C=O) groups is 1. The van der Waals surface area contributed by atoms with Crippen molar-refractivity contribution in [2.45, 2.75) is 39.5 Å². The molecule has 106 valence electrons. The summed E-state index contributed by atoms with van der Waals surface area (Å²) in [5.41, 5.74) is 1.58. The van der Waals surface area contributed by atoms with Gasteiger partial charge in [-0.25, -0.2) is 4.39 Å². The van der Waals surface area contributed by atoms with Gasteiger partial charge >= 0.3 is 5.97 Å². The van der Waals surface area contributed by atoms with Crippen molar-refractivity contribution in [3.63, 3.8) is 0 Å². The summed E-state index contributed by atoms with van der Waals surface area (Å²) in [5.74, 6) is -0.364. The predicted molar refractivity (Wildman–Crippen MR) is 74.7 cm³/mol. The molecule has 0 spiro atoms. The first kappa shape index (κ1) is 15.5. The van der Waals surface area contributed by atoms with Gasteiger partial charge in [0.15, 0.2) is 0 Å². The van der Waals surface area contributed by atoms with Crippen LogP contribution >= 0.6 is 0 Å². The molecule has 1 N–H and O–H groups in total. The van der Waals surface area contributed by atoms with Crippen LogP contribution in [-0.2, 0) is 9.53 Å². The summed E-state index contributed by atoms with van der Waals surface area (Å²) in [6, 6.07) is 5.02. The number of hydrogen-bond donors (Lipinski definition) is 1. The van der Waals surface area contributed by atoms with Gasteiger partial charge in [-0.1, -0.05) is 12.5 Å². The summed E-state index contributed by atoms with van der Waals surface area (Å²) in [4.78, 5) is 11.1. The molecular weight excluding hydrogens is 245 g/mol. The van der Waals surface area contributed by atoms with E-state index in [1.54, 1.807) is 19.1 Å². The summed E-state index contributed by atoms with van der Waals surface area (Å²) in [7, 11) is 0. The minimum absolute atomic E-state index is 0.139. The second-order valence-corrected chi connectivity index (χ2v) is 4.53. The van der Waals surface area contributed by atoms with Crippen LogP contribution in [0.15, 0.2) is 18.2 Å². The monoisotopic (exact) mass is 267 g/mol. The van der Waals surface area contributed by atoms with Crippen LogP contribution in [-0.4, -0.2) is 19.1 Å². The van der Waals surface area contributed by atoms with E-state index in [0.717, 1.165) is 24.8 Å². The SMILES string of the molecule is CCOC(=O)CCCCCNc1cc(C)ccc1F. The third kappa shape index (κ3) is 6.22. The Morgan fingerprint density at radius 3 is 2.84 bits per heavy atom. The fraction of sp³-hybridized carbons (Fsp3) is 0.533. The molecule has 0 aliphatic heterocycles. The zero-order valence-electron chi connectivity index (χ0n) is 11.7. The van der Waals surface area contributed by atoms with Gasteiger partial charge in [0.25, 0.3) is 0 Å². The zero-order valence-corrected chi connectivity index (χ0v) is 11.7. The maximum atomic E-state index is 13.4. The van der Waals surface area contributed by atoms with Crippen LogP contribution in [0, 0.1) is 12.7 Å². The van der Waals surface area contributed by atoms with E-state index in [4.69, 9.17) is 4.74 Å². The lowest BCUT2D eigenvalue weighted by Gasteiger charge is -2.08. The molecule has 0 aromatic heterocycles. The van der Waals surface area contributed by atoms with E-state index in [0.29, 0.717) is 25.3 Å². The first-order chi connectivity index (χ1) is 9.13. The van der Waals surface area contributed by atoms with Crippen molar-refractivity contribution < 1.29 is 13.9 Å². The third-order valence-electron chi connectivity index (χ3n) is 2.80. The van der Waals surface area contributed by atoms with Crippen LogP contribution in [0.2, 0.25) is 0 Å². The molecule has 1 rings (SSSR count). The minimum atomic E-state index is -0.225. The molecule has 0 saturated carbocycles. The van der Waals surface area contributed by atoms with Crippen molar-refractivity contribution in [3.8, 4) is 0 Å². The van der Waals surface area contributed by atoms with Crippen molar-refractivity contribution in [2.24, 2.45) is 0 Å². The molecular formula is C15H22FNO2. The van der Waals surface area contributed by atoms with Crippen LogP contribution in [0.5, 0.6) is 0 Å². The summed E-state index contributed by atoms with van der Waals surface area (Å²) >= 11 is 0. The molecule has 0 amide bonds. The van der Waals surface area contributed by atoms with E-state index in [-0.39, 0.29) is 11.8 Å².